The van der Waals surface area contributed by atoms with Crippen molar-refractivity contribution in [2.24, 2.45) is 0 Å². The molecule has 0 saturated heterocycles. The van der Waals surface area contributed by atoms with Crippen LogP contribution in [0.3, 0.4) is 0 Å². The topological polar surface area (TPSA) is 92.9 Å². The Morgan fingerprint density at radius 2 is 2.18 bits per heavy atom. The van der Waals surface area contributed by atoms with E-state index in [4.69, 9.17) is 5.11 Å². The first kappa shape index (κ1) is 11.1. The minimum atomic E-state index is -0.954. The normalized spacial score (nSPS) is 12.0. The molecule has 0 bridgehead atoms. The molecule has 2 N–H and O–H groups in total. The highest BCUT2D eigenvalue weighted by Gasteiger charge is 2.18. The van der Waals surface area contributed by atoms with Crippen LogP contribution in [0.1, 0.15) is 5.56 Å². The molecule has 0 aliphatic rings. The zero-order valence-electron chi connectivity index (χ0n) is 8.89. The molecule has 0 aliphatic heterocycles. The zero-order valence-corrected chi connectivity index (χ0v) is 8.89. The summed E-state index contributed by atoms with van der Waals surface area (Å²) in [5.41, 5.74) is 3.62. The molecule has 1 atom stereocenters. The van der Waals surface area contributed by atoms with E-state index in [0.717, 1.165) is 5.56 Å². The van der Waals surface area contributed by atoms with Gasteiger partial charge in [0.25, 0.3) is 0 Å². The summed E-state index contributed by atoms with van der Waals surface area (Å²) in [4.78, 5) is 12.3. The number of nitrogens with zero attached hydrogens (tertiary/aromatic N) is 4. The number of hydrogen-bond acceptors (Lipinski definition) is 5. The highest BCUT2D eigenvalue weighted by Crippen LogP contribution is 2.04. The molecule has 0 radical (unpaired) electrons. The van der Waals surface area contributed by atoms with Crippen LogP contribution in [0.2, 0.25) is 0 Å². The van der Waals surface area contributed by atoms with Crippen molar-refractivity contribution in [2.45, 2.75) is 12.5 Å². The summed E-state index contributed by atoms with van der Waals surface area (Å²) >= 11 is 0. The maximum absolute atomic E-state index is 11.1. The lowest BCUT2D eigenvalue weighted by Gasteiger charge is -2.14. The van der Waals surface area contributed by atoms with Gasteiger partial charge in [-0.25, -0.2) is 4.79 Å². The van der Waals surface area contributed by atoms with E-state index in [1.165, 1.54) is 11.1 Å². The lowest BCUT2D eigenvalue weighted by Crippen LogP contribution is -2.37. The van der Waals surface area contributed by atoms with Crippen molar-refractivity contribution >= 4 is 5.97 Å². The standard InChI is InChI=1S/C10H11N5O2/c16-10(17)9(12-15-7-11-13-14-15)6-8-4-2-1-3-5-8/h1-5,7,9,12H,6H2,(H,16,17)/t9-/m0/s1. The van der Waals surface area contributed by atoms with Gasteiger partial charge in [-0.1, -0.05) is 30.3 Å². The van der Waals surface area contributed by atoms with Crippen LogP contribution in [0.25, 0.3) is 0 Å². The van der Waals surface area contributed by atoms with E-state index in [2.05, 4.69) is 21.0 Å². The third-order valence-electron chi connectivity index (χ3n) is 2.22. The number of carbonyl (C=O) groups is 1. The van der Waals surface area contributed by atoms with Gasteiger partial charge in [-0.2, -0.15) is 0 Å². The smallest absolute Gasteiger partial charge is 0.328 e. The Kier molecular flexibility index (Phi) is 3.29. The van der Waals surface area contributed by atoms with Crippen LogP contribution in [0, 0.1) is 0 Å². The van der Waals surface area contributed by atoms with Gasteiger partial charge in [0.1, 0.15) is 6.04 Å². The summed E-state index contributed by atoms with van der Waals surface area (Å²) in [5.74, 6) is -0.954. The number of aromatic nitrogens is 4. The number of carboxylic acid groups (broad SMARTS) is 1. The average molecular weight is 233 g/mol. The number of rotatable bonds is 5. The highest BCUT2D eigenvalue weighted by molar-refractivity contribution is 5.75. The highest BCUT2D eigenvalue weighted by atomic mass is 16.4. The first-order valence-electron chi connectivity index (χ1n) is 5.02. The number of benzene rings is 1. The van der Waals surface area contributed by atoms with Gasteiger partial charge in [-0.15, -0.1) is 9.89 Å². The van der Waals surface area contributed by atoms with E-state index in [9.17, 15) is 4.79 Å². The first-order valence-corrected chi connectivity index (χ1v) is 5.02. The molecule has 1 aromatic carbocycles. The van der Waals surface area contributed by atoms with Crippen LogP contribution in [0.5, 0.6) is 0 Å². The molecule has 0 spiro atoms. The molecule has 88 valence electrons. The van der Waals surface area contributed by atoms with Crippen molar-refractivity contribution < 1.29 is 9.90 Å². The molecular weight excluding hydrogens is 222 g/mol. The number of hydrogen-bond donors (Lipinski definition) is 2. The second kappa shape index (κ2) is 5.06. The summed E-state index contributed by atoms with van der Waals surface area (Å²) in [7, 11) is 0. The third kappa shape index (κ3) is 3.00. The molecule has 7 nitrogen and oxygen atoms in total. The van der Waals surface area contributed by atoms with Crippen molar-refractivity contribution in [3.8, 4) is 0 Å². The van der Waals surface area contributed by atoms with Gasteiger partial charge in [0, 0.05) is 6.42 Å². The maximum atomic E-state index is 11.1. The Bertz CT molecular complexity index is 471. The van der Waals surface area contributed by atoms with Gasteiger partial charge in [0.15, 0.2) is 6.33 Å². The van der Waals surface area contributed by atoms with Gasteiger partial charge in [0.05, 0.1) is 0 Å². The predicted octanol–water partition coefficient (Wildman–Crippen LogP) is -0.0875. The number of tetrazole rings is 1. The van der Waals surface area contributed by atoms with Crippen LogP contribution >= 0.6 is 0 Å². The fraction of sp³-hybridized carbons (Fsp3) is 0.200. The lowest BCUT2D eigenvalue weighted by molar-refractivity contribution is -0.138. The van der Waals surface area contributed by atoms with Gasteiger partial charge >= 0.3 is 5.97 Å². The van der Waals surface area contributed by atoms with Crippen molar-refractivity contribution in [1.82, 2.24) is 20.3 Å². The molecular formula is C10H11N5O2. The second-order valence-electron chi connectivity index (χ2n) is 3.46. The Balaban J connectivity index is 2.06. The Morgan fingerprint density at radius 1 is 1.41 bits per heavy atom. The number of aliphatic carboxylic acids is 1. The quantitative estimate of drug-likeness (QED) is 0.749. The van der Waals surface area contributed by atoms with Crippen LogP contribution in [-0.4, -0.2) is 37.4 Å². The van der Waals surface area contributed by atoms with Crippen LogP contribution in [0.4, 0.5) is 0 Å². The second-order valence-corrected chi connectivity index (χ2v) is 3.46. The van der Waals surface area contributed by atoms with Crippen molar-refractivity contribution in [3.63, 3.8) is 0 Å². The zero-order chi connectivity index (χ0) is 12.1. The van der Waals surface area contributed by atoms with Crippen LogP contribution in [-0.2, 0) is 11.2 Å². The molecule has 0 fully saturated rings. The molecule has 2 aromatic rings. The molecule has 0 amide bonds. The molecule has 0 unspecified atom stereocenters. The van der Waals surface area contributed by atoms with E-state index < -0.39 is 12.0 Å². The SMILES string of the molecule is O=C(O)[C@H](Cc1ccccc1)Nn1cnnn1. The molecule has 17 heavy (non-hydrogen) atoms. The van der Waals surface area contributed by atoms with E-state index >= 15 is 0 Å². The summed E-state index contributed by atoms with van der Waals surface area (Å²) < 4.78 is 0. The molecule has 1 heterocycles. The van der Waals surface area contributed by atoms with E-state index in [0.29, 0.717) is 6.42 Å². The summed E-state index contributed by atoms with van der Waals surface area (Å²) in [6.07, 6.45) is 1.66. The fourth-order valence-electron chi connectivity index (χ4n) is 1.42. The first-order chi connectivity index (χ1) is 8.25. The van der Waals surface area contributed by atoms with Crippen LogP contribution < -0.4 is 5.43 Å². The van der Waals surface area contributed by atoms with Crippen molar-refractivity contribution in [3.05, 3.63) is 42.2 Å². The molecule has 7 heteroatoms. The Hall–Kier alpha value is -2.44. The largest absolute Gasteiger partial charge is 0.480 e. The average Bonchev–Trinajstić information content (AvgIpc) is 2.82. The number of carboxylic acids is 1. The Morgan fingerprint density at radius 3 is 2.76 bits per heavy atom. The van der Waals surface area contributed by atoms with Gasteiger partial charge < -0.3 is 5.11 Å². The lowest BCUT2D eigenvalue weighted by atomic mass is 10.1. The minimum Gasteiger partial charge on any atom is -0.480 e. The van der Waals surface area contributed by atoms with E-state index in [-0.39, 0.29) is 0 Å². The third-order valence-corrected chi connectivity index (χ3v) is 2.22. The fourth-order valence-corrected chi connectivity index (χ4v) is 1.42. The van der Waals surface area contributed by atoms with Gasteiger partial charge in [-0.05, 0) is 16.0 Å². The molecule has 2 rings (SSSR count). The summed E-state index contributed by atoms with van der Waals surface area (Å²) in [6, 6.07) is 8.58. The van der Waals surface area contributed by atoms with Gasteiger partial charge in [-0.3, -0.25) is 5.43 Å². The number of nitrogens with one attached hydrogen (secondary N) is 1. The van der Waals surface area contributed by atoms with Crippen molar-refractivity contribution in [2.75, 3.05) is 5.43 Å². The molecule has 0 aliphatic carbocycles. The minimum absolute atomic E-state index is 0.357. The summed E-state index contributed by atoms with van der Waals surface area (Å²) in [6.45, 7) is 0. The van der Waals surface area contributed by atoms with Crippen molar-refractivity contribution in [1.29, 1.82) is 0 Å². The summed E-state index contributed by atoms with van der Waals surface area (Å²) in [5, 5.41) is 19.5. The van der Waals surface area contributed by atoms with Gasteiger partial charge in [0.2, 0.25) is 0 Å². The Labute approximate surface area is 97.0 Å². The van der Waals surface area contributed by atoms with E-state index in [1.54, 1.807) is 0 Å². The van der Waals surface area contributed by atoms with Crippen LogP contribution in [0.15, 0.2) is 36.7 Å². The maximum Gasteiger partial charge on any atom is 0.328 e. The monoisotopic (exact) mass is 233 g/mol. The predicted molar refractivity (Wildman–Crippen MR) is 58.7 cm³/mol. The molecule has 0 saturated carbocycles. The molecule has 1 aromatic heterocycles. The van der Waals surface area contributed by atoms with E-state index in [1.807, 2.05) is 30.3 Å².